The molecule has 1 atom stereocenters. The molecule has 1 aliphatic heterocycles. The van der Waals surface area contributed by atoms with Crippen LogP contribution in [0.1, 0.15) is 40.0 Å². The van der Waals surface area contributed by atoms with Crippen LogP contribution >= 0.6 is 11.6 Å². The summed E-state index contributed by atoms with van der Waals surface area (Å²) in [4.78, 5) is 24.2. The van der Waals surface area contributed by atoms with E-state index in [1.165, 1.54) is 0 Å². The Bertz CT molecular complexity index is 314. The average molecular weight is 278 g/mol. The second-order valence-corrected chi connectivity index (χ2v) is 5.71. The van der Waals surface area contributed by atoms with Crippen LogP contribution in [-0.2, 0) is 9.47 Å². The maximum absolute atomic E-state index is 11.9. The van der Waals surface area contributed by atoms with E-state index in [2.05, 4.69) is 0 Å². The third-order valence-corrected chi connectivity index (χ3v) is 2.63. The van der Waals surface area contributed by atoms with Crippen LogP contribution in [0.15, 0.2) is 0 Å². The fourth-order valence-electron chi connectivity index (χ4n) is 1.82. The lowest BCUT2D eigenvalue weighted by Gasteiger charge is -2.27. The highest BCUT2D eigenvalue weighted by molar-refractivity contribution is 6.61. The summed E-state index contributed by atoms with van der Waals surface area (Å²) in [6, 6.07) is 0. The maximum Gasteiger partial charge on any atom is 0.410 e. The van der Waals surface area contributed by atoms with E-state index < -0.39 is 11.0 Å². The Kier molecular flexibility index (Phi) is 5.26. The second-order valence-electron chi connectivity index (χ2n) is 5.40. The molecular weight excluding hydrogens is 258 g/mol. The summed E-state index contributed by atoms with van der Waals surface area (Å²) in [5.74, 6) is 0. The zero-order chi connectivity index (χ0) is 13.8. The first-order valence-corrected chi connectivity index (χ1v) is 6.50. The molecule has 0 saturated carbocycles. The van der Waals surface area contributed by atoms with Crippen LogP contribution in [0.2, 0.25) is 0 Å². The van der Waals surface area contributed by atoms with Crippen LogP contribution < -0.4 is 0 Å². The van der Waals surface area contributed by atoms with E-state index in [-0.39, 0.29) is 12.2 Å². The predicted octanol–water partition coefficient (Wildman–Crippen LogP) is 3.15. The van der Waals surface area contributed by atoms with Gasteiger partial charge in [-0.2, -0.15) is 0 Å². The summed E-state index contributed by atoms with van der Waals surface area (Å²) in [7, 11) is 0. The Labute approximate surface area is 112 Å². The van der Waals surface area contributed by atoms with E-state index in [1.807, 2.05) is 20.8 Å². The summed E-state index contributed by atoms with van der Waals surface area (Å²) in [6.45, 7) is 6.41. The third-order valence-electron chi connectivity index (χ3n) is 2.54. The summed E-state index contributed by atoms with van der Waals surface area (Å²) >= 11 is 5.20. The van der Waals surface area contributed by atoms with Gasteiger partial charge in [0.05, 0.1) is 6.54 Å². The highest BCUT2D eigenvalue weighted by Crippen LogP contribution is 2.17. The molecule has 0 N–H and O–H groups in total. The number of ether oxygens (including phenoxy) is 2. The van der Waals surface area contributed by atoms with Crippen LogP contribution in [0.4, 0.5) is 9.59 Å². The number of likely N-dealkylation sites (tertiary alicyclic amines) is 1. The molecule has 1 rings (SSSR count). The molecule has 0 spiro atoms. The molecule has 0 aromatic carbocycles. The summed E-state index contributed by atoms with van der Waals surface area (Å²) in [5, 5.41) is 0. The lowest BCUT2D eigenvalue weighted by Crippen LogP contribution is -2.41. The molecular formula is C12H20ClNO4. The molecule has 6 heteroatoms. The normalized spacial score (nSPS) is 21.1. The fraction of sp³-hybridized carbons (Fsp3) is 0.833. The van der Waals surface area contributed by atoms with E-state index >= 15 is 0 Å². The Morgan fingerprint density at radius 2 is 1.94 bits per heavy atom. The van der Waals surface area contributed by atoms with Gasteiger partial charge in [0.1, 0.15) is 11.7 Å². The molecule has 0 aromatic heterocycles. The van der Waals surface area contributed by atoms with Gasteiger partial charge in [-0.05, 0) is 40.0 Å². The quantitative estimate of drug-likeness (QED) is 0.691. The van der Waals surface area contributed by atoms with Crippen molar-refractivity contribution in [1.29, 1.82) is 0 Å². The van der Waals surface area contributed by atoms with Gasteiger partial charge in [-0.15, -0.1) is 0 Å². The van der Waals surface area contributed by atoms with Crippen molar-refractivity contribution in [2.45, 2.75) is 51.7 Å². The minimum atomic E-state index is -0.828. The van der Waals surface area contributed by atoms with Crippen molar-refractivity contribution >= 4 is 23.1 Å². The SMILES string of the molecule is CC(C)(C)OC(=O)N1CCCC[C@H](OC(=O)Cl)C1. The van der Waals surface area contributed by atoms with E-state index in [0.29, 0.717) is 13.1 Å². The molecule has 0 radical (unpaired) electrons. The molecule has 0 bridgehead atoms. The molecule has 18 heavy (non-hydrogen) atoms. The zero-order valence-corrected chi connectivity index (χ0v) is 11.8. The van der Waals surface area contributed by atoms with Crippen molar-refractivity contribution in [3.63, 3.8) is 0 Å². The van der Waals surface area contributed by atoms with Crippen molar-refractivity contribution < 1.29 is 19.1 Å². The van der Waals surface area contributed by atoms with Crippen LogP contribution in [0.5, 0.6) is 0 Å². The van der Waals surface area contributed by atoms with Crippen LogP contribution in [-0.4, -0.2) is 41.2 Å². The first-order valence-electron chi connectivity index (χ1n) is 6.12. The fourth-order valence-corrected chi connectivity index (χ4v) is 1.95. The van der Waals surface area contributed by atoms with E-state index in [1.54, 1.807) is 4.90 Å². The van der Waals surface area contributed by atoms with Gasteiger partial charge in [-0.3, -0.25) is 0 Å². The van der Waals surface area contributed by atoms with Crippen LogP contribution in [0, 0.1) is 0 Å². The average Bonchev–Trinajstić information content (AvgIpc) is 2.39. The van der Waals surface area contributed by atoms with Gasteiger partial charge in [-0.1, -0.05) is 0 Å². The van der Waals surface area contributed by atoms with Gasteiger partial charge < -0.3 is 14.4 Å². The lowest BCUT2D eigenvalue weighted by atomic mass is 10.2. The molecule has 0 unspecified atom stereocenters. The van der Waals surface area contributed by atoms with E-state index in [9.17, 15) is 9.59 Å². The van der Waals surface area contributed by atoms with Gasteiger partial charge in [0.2, 0.25) is 0 Å². The van der Waals surface area contributed by atoms with Crippen molar-refractivity contribution in [1.82, 2.24) is 4.90 Å². The minimum Gasteiger partial charge on any atom is -0.448 e. The zero-order valence-electron chi connectivity index (χ0n) is 11.1. The minimum absolute atomic E-state index is 0.341. The van der Waals surface area contributed by atoms with Gasteiger partial charge in [0.15, 0.2) is 0 Å². The highest BCUT2D eigenvalue weighted by Gasteiger charge is 2.27. The third kappa shape index (κ3) is 5.58. The molecule has 1 amide bonds. The molecule has 0 aromatic rings. The van der Waals surface area contributed by atoms with Gasteiger partial charge in [-0.25, -0.2) is 9.59 Å². The smallest absolute Gasteiger partial charge is 0.410 e. The number of amides is 1. The Balaban J connectivity index is 2.58. The summed E-state index contributed by atoms with van der Waals surface area (Å²) in [5.41, 5.74) is -1.35. The molecule has 5 nitrogen and oxygen atoms in total. The lowest BCUT2D eigenvalue weighted by molar-refractivity contribution is 0.0162. The first kappa shape index (κ1) is 15.1. The number of hydrogen-bond donors (Lipinski definition) is 0. The molecule has 0 aliphatic carbocycles. The highest BCUT2D eigenvalue weighted by atomic mass is 35.5. The monoisotopic (exact) mass is 277 g/mol. The molecule has 1 fully saturated rings. The van der Waals surface area contributed by atoms with Crippen molar-refractivity contribution in [3.8, 4) is 0 Å². The van der Waals surface area contributed by atoms with Gasteiger partial charge in [0.25, 0.3) is 0 Å². The topological polar surface area (TPSA) is 55.8 Å². The number of nitrogens with zero attached hydrogens (tertiary/aromatic N) is 1. The Hall–Kier alpha value is -0.970. The number of hydrogen-bond acceptors (Lipinski definition) is 4. The van der Waals surface area contributed by atoms with E-state index in [4.69, 9.17) is 21.1 Å². The van der Waals surface area contributed by atoms with Gasteiger partial charge >= 0.3 is 11.5 Å². The molecule has 1 saturated heterocycles. The van der Waals surface area contributed by atoms with Crippen molar-refractivity contribution in [2.24, 2.45) is 0 Å². The van der Waals surface area contributed by atoms with Crippen LogP contribution in [0.25, 0.3) is 0 Å². The summed E-state index contributed by atoms with van der Waals surface area (Å²) in [6.07, 6.45) is 1.77. The van der Waals surface area contributed by atoms with Crippen LogP contribution in [0.3, 0.4) is 0 Å². The maximum atomic E-state index is 11.9. The second kappa shape index (κ2) is 6.27. The Morgan fingerprint density at radius 3 is 2.50 bits per heavy atom. The largest absolute Gasteiger partial charge is 0.448 e. The Morgan fingerprint density at radius 1 is 1.28 bits per heavy atom. The van der Waals surface area contributed by atoms with E-state index in [0.717, 1.165) is 19.3 Å². The molecule has 1 heterocycles. The number of halogens is 1. The molecule has 1 aliphatic rings. The van der Waals surface area contributed by atoms with Gasteiger partial charge in [0, 0.05) is 18.1 Å². The van der Waals surface area contributed by atoms with Crippen molar-refractivity contribution in [3.05, 3.63) is 0 Å². The number of rotatable bonds is 1. The first-order chi connectivity index (χ1) is 8.28. The predicted molar refractivity (Wildman–Crippen MR) is 67.8 cm³/mol. The van der Waals surface area contributed by atoms with Crippen molar-refractivity contribution in [2.75, 3.05) is 13.1 Å². The number of carbonyl (C=O) groups excluding carboxylic acids is 2. The standard InChI is InChI=1S/C12H20ClNO4/c1-12(2,3)18-11(16)14-7-5-4-6-9(8-14)17-10(13)15/h9H,4-8H2,1-3H3/t9-/m0/s1. The summed E-state index contributed by atoms with van der Waals surface area (Å²) < 4.78 is 10.3. The number of carbonyl (C=O) groups is 2. The molecule has 104 valence electrons.